The van der Waals surface area contributed by atoms with Gasteiger partial charge in [0.2, 0.25) is 5.91 Å². The quantitative estimate of drug-likeness (QED) is 0.905. The van der Waals surface area contributed by atoms with Crippen LogP contribution in [0.15, 0.2) is 47.1 Å². The normalized spacial score (nSPS) is 15.0. The third-order valence-corrected chi connectivity index (χ3v) is 4.44. The van der Waals surface area contributed by atoms with Crippen molar-refractivity contribution in [3.63, 3.8) is 0 Å². The number of piperidine rings is 1. The van der Waals surface area contributed by atoms with Crippen molar-refractivity contribution in [2.45, 2.75) is 25.3 Å². The second-order valence-electron chi connectivity index (χ2n) is 6.13. The van der Waals surface area contributed by atoms with Gasteiger partial charge in [0.25, 0.3) is 5.91 Å². The Labute approximate surface area is 146 Å². The second kappa shape index (κ2) is 7.88. The lowest BCUT2D eigenvalue weighted by Crippen LogP contribution is -2.46. The second-order valence-corrected chi connectivity index (χ2v) is 6.13. The van der Waals surface area contributed by atoms with Crippen LogP contribution in [0.5, 0.6) is 5.75 Å². The van der Waals surface area contributed by atoms with Crippen molar-refractivity contribution in [1.82, 2.24) is 10.2 Å². The number of nitrogens with zero attached hydrogens (tertiary/aromatic N) is 1. The number of furan rings is 1. The van der Waals surface area contributed by atoms with Gasteiger partial charge in [-0.1, -0.05) is 12.1 Å². The molecule has 3 rings (SSSR count). The maximum absolute atomic E-state index is 12.4. The minimum absolute atomic E-state index is 0.0719. The highest BCUT2D eigenvalue weighted by molar-refractivity contribution is 5.91. The average molecular weight is 342 g/mol. The van der Waals surface area contributed by atoms with Gasteiger partial charge in [0.05, 0.1) is 19.8 Å². The van der Waals surface area contributed by atoms with Crippen molar-refractivity contribution in [3.05, 3.63) is 54.0 Å². The number of amides is 2. The van der Waals surface area contributed by atoms with Crippen LogP contribution in [0.25, 0.3) is 0 Å². The Kier molecular flexibility index (Phi) is 5.38. The molecule has 2 aromatic rings. The molecular formula is C19H22N2O4. The zero-order valence-corrected chi connectivity index (χ0v) is 14.2. The molecule has 6 nitrogen and oxygen atoms in total. The largest absolute Gasteiger partial charge is 0.497 e. The molecule has 2 amide bonds. The summed E-state index contributed by atoms with van der Waals surface area (Å²) in [5.41, 5.74) is 0.971. The Morgan fingerprint density at radius 2 is 1.92 bits per heavy atom. The summed E-state index contributed by atoms with van der Waals surface area (Å²) in [7, 11) is 1.62. The summed E-state index contributed by atoms with van der Waals surface area (Å²) >= 11 is 0. The molecule has 0 aliphatic carbocycles. The van der Waals surface area contributed by atoms with Gasteiger partial charge >= 0.3 is 0 Å². The average Bonchev–Trinajstić information content (AvgIpc) is 3.18. The zero-order valence-electron chi connectivity index (χ0n) is 14.2. The molecule has 6 heteroatoms. The van der Waals surface area contributed by atoms with Crippen LogP contribution in [0.4, 0.5) is 0 Å². The van der Waals surface area contributed by atoms with Crippen LogP contribution >= 0.6 is 0 Å². The first kappa shape index (κ1) is 17.1. The molecule has 1 fully saturated rings. The van der Waals surface area contributed by atoms with Crippen LogP contribution < -0.4 is 10.1 Å². The maximum atomic E-state index is 12.4. The third kappa shape index (κ3) is 4.41. The minimum Gasteiger partial charge on any atom is -0.497 e. The summed E-state index contributed by atoms with van der Waals surface area (Å²) in [4.78, 5) is 26.3. The molecule has 0 atom stereocenters. The molecule has 1 aromatic heterocycles. The number of benzene rings is 1. The van der Waals surface area contributed by atoms with Crippen molar-refractivity contribution in [2.75, 3.05) is 20.2 Å². The number of hydrogen-bond donors (Lipinski definition) is 1. The van der Waals surface area contributed by atoms with Crippen LogP contribution in [0.3, 0.4) is 0 Å². The molecule has 1 saturated heterocycles. The summed E-state index contributed by atoms with van der Waals surface area (Å²) in [5.74, 6) is 1.01. The number of ether oxygens (including phenoxy) is 1. The van der Waals surface area contributed by atoms with Gasteiger partial charge in [-0.3, -0.25) is 9.59 Å². The van der Waals surface area contributed by atoms with Crippen LogP contribution in [0.2, 0.25) is 0 Å². The van der Waals surface area contributed by atoms with E-state index in [2.05, 4.69) is 5.32 Å². The first-order valence-electron chi connectivity index (χ1n) is 8.41. The lowest BCUT2D eigenvalue weighted by Gasteiger charge is -2.32. The number of methoxy groups -OCH3 is 1. The van der Waals surface area contributed by atoms with Crippen molar-refractivity contribution in [3.8, 4) is 5.75 Å². The molecule has 0 spiro atoms. The first-order valence-corrected chi connectivity index (χ1v) is 8.41. The molecule has 2 heterocycles. The van der Waals surface area contributed by atoms with E-state index in [1.807, 2.05) is 29.2 Å². The molecule has 132 valence electrons. The third-order valence-electron chi connectivity index (χ3n) is 4.44. The Morgan fingerprint density at radius 1 is 1.20 bits per heavy atom. The fourth-order valence-corrected chi connectivity index (χ4v) is 2.97. The number of likely N-dealkylation sites (tertiary alicyclic amines) is 1. The summed E-state index contributed by atoms with van der Waals surface area (Å²) < 4.78 is 10.2. The monoisotopic (exact) mass is 342 g/mol. The van der Waals surface area contributed by atoms with Gasteiger partial charge in [0.15, 0.2) is 5.76 Å². The van der Waals surface area contributed by atoms with Crippen molar-refractivity contribution < 1.29 is 18.7 Å². The van der Waals surface area contributed by atoms with E-state index in [9.17, 15) is 9.59 Å². The van der Waals surface area contributed by atoms with Gasteiger partial charge in [-0.2, -0.15) is 0 Å². The van der Waals surface area contributed by atoms with E-state index in [4.69, 9.17) is 9.15 Å². The van der Waals surface area contributed by atoms with Crippen molar-refractivity contribution >= 4 is 11.8 Å². The van der Waals surface area contributed by atoms with Crippen LogP contribution in [0, 0.1) is 0 Å². The van der Waals surface area contributed by atoms with E-state index in [0.717, 1.165) is 24.2 Å². The summed E-state index contributed by atoms with van der Waals surface area (Å²) in [6.07, 6.45) is 3.37. The molecule has 0 bridgehead atoms. The van der Waals surface area contributed by atoms with Gasteiger partial charge in [-0.25, -0.2) is 0 Å². The Balaban J connectivity index is 1.46. The molecule has 25 heavy (non-hydrogen) atoms. The highest BCUT2D eigenvalue weighted by atomic mass is 16.5. The van der Waals surface area contributed by atoms with Gasteiger partial charge in [-0.15, -0.1) is 0 Å². The van der Waals surface area contributed by atoms with Crippen LogP contribution in [-0.2, 0) is 11.2 Å². The molecular weight excluding hydrogens is 320 g/mol. The summed E-state index contributed by atoms with van der Waals surface area (Å²) in [6.45, 7) is 1.30. The summed E-state index contributed by atoms with van der Waals surface area (Å²) in [5, 5.41) is 2.96. The number of hydrogen-bond acceptors (Lipinski definition) is 4. The molecule has 0 unspecified atom stereocenters. The van der Waals surface area contributed by atoms with Crippen LogP contribution in [0.1, 0.15) is 29.0 Å². The predicted molar refractivity (Wildman–Crippen MR) is 92.5 cm³/mol. The van der Waals surface area contributed by atoms with E-state index < -0.39 is 0 Å². The Morgan fingerprint density at radius 3 is 2.52 bits per heavy atom. The highest BCUT2D eigenvalue weighted by Gasteiger charge is 2.24. The number of carbonyl (C=O) groups is 2. The summed E-state index contributed by atoms with van der Waals surface area (Å²) in [6, 6.07) is 10.9. The van der Waals surface area contributed by atoms with E-state index in [1.165, 1.54) is 6.26 Å². The maximum Gasteiger partial charge on any atom is 0.287 e. The highest BCUT2D eigenvalue weighted by Crippen LogP contribution is 2.15. The Bertz CT molecular complexity index is 702. The standard InChI is InChI=1S/C19H22N2O4/c1-24-16-6-4-14(5-7-16)13-18(22)21-10-8-15(9-11-21)20-19(23)17-3-2-12-25-17/h2-7,12,15H,8-11,13H2,1H3,(H,20,23). The SMILES string of the molecule is COc1ccc(CC(=O)N2CCC(NC(=O)c3ccco3)CC2)cc1. The zero-order chi connectivity index (χ0) is 17.6. The van der Waals surface area contributed by atoms with E-state index in [0.29, 0.717) is 25.3 Å². The number of rotatable bonds is 5. The first-order chi connectivity index (χ1) is 12.2. The van der Waals surface area contributed by atoms with Crippen molar-refractivity contribution in [1.29, 1.82) is 0 Å². The predicted octanol–water partition coefficient (Wildman–Crippen LogP) is 2.25. The molecule has 1 N–H and O–H groups in total. The van der Waals surface area contributed by atoms with E-state index in [1.54, 1.807) is 19.2 Å². The van der Waals surface area contributed by atoms with Gasteiger partial charge in [-0.05, 0) is 42.7 Å². The molecule has 1 aliphatic rings. The Hall–Kier alpha value is -2.76. The van der Waals surface area contributed by atoms with E-state index >= 15 is 0 Å². The molecule has 0 saturated carbocycles. The lowest BCUT2D eigenvalue weighted by atomic mass is 10.0. The topological polar surface area (TPSA) is 71.8 Å². The number of carbonyl (C=O) groups excluding carboxylic acids is 2. The van der Waals surface area contributed by atoms with Crippen LogP contribution in [-0.4, -0.2) is 43.0 Å². The fourth-order valence-electron chi connectivity index (χ4n) is 2.97. The fraction of sp³-hybridized carbons (Fsp3) is 0.368. The van der Waals surface area contributed by atoms with Gasteiger partial charge in [0.1, 0.15) is 5.75 Å². The van der Waals surface area contributed by atoms with Gasteiger partial charge < -0.3 is 19.4 Å². The lowest BCUT2D eigenvalue weighted by molar-refractivity contribution is -0.131. The molecule has 1 aromatic carbocycles. The smallest absolute Gasteiger partial charge is 0.287 e. The molecule has 0 radical (unpaired) electrons. The minimum atomic E-state index is -0.201. The van der Waals surface area contributed by atoms with Crippen molar-refractivity contribution in [2.24, 2.45) is 0 Å². The number of nitrogens with one attached hydrogen (secondary N) is 1. The molecule has 1 aliphatic heterocycles. The van der Waals surface area contributed by atoms with E-state index in [-0.39, 0.29) is 17.9 Å². The van der Waals surface area contributed by atoms with Gasteiger partial charge in [0, 0.05) is 19.1 Å².